The molecule has 2 atom stereocenters. The molecule has 0 aliphatic rings. The Bertz CT molecular complexity index is 325. The summed E-state index contributed by atoms with van der Waals surface area (Å²) in [5, 5.41) is 13.7. The van der Waals surface area contributed by atoms with E-state index in [4.69, 9.17) is 10.8 Å². The molecule has 0 spiro atoms. The van der Waals surface area contributed by atoms with Gasteiger partial charge in [-0.2, -0.15) is 0 Å². The number of hydrogen-bond donors (Lipinski definition) is 3. The average Bonchev–Trinajstić information content (AvgIpc) is 2.77. The summed E-state index contributed by atoms with van der Waals surface area (Å²) < 4.78 is 0. The van der Waals surface area contributed by atoms with Crippen LogP contribution in [0.1, 0.15) is 24.8 Å². The fourth-order valence-electron chi connectivity index (χ4n) is 1.29. The van der Waals surface area contributed by atoms with E-state index < -0.39 is 6.04 Å². The minimum absolute atomic E-state index is 0.0689. The van der Waals surface area contributed by atoms with Crippen LogP contribution in [-0.2, 0) is 4.79 Å². The first-order valence-electron chi connectivity index (χ1n) is 5.26. The Morgan fingerprint density at radius 1 is 1.62 bits per heavy atom. The smallest absolute Gasteiger partial charge is 0.242 e. The van der Waals surface area contributed by atoms with Gasteiger partial charge in [-0.3, -0.25) is 4.79 Å². The van der Waals surface area contributed by atoms with E-state index in [-0.39, 0.29) is 24.5 Å². The highest BCUT2D eigenvalue weighted by Gasteiger charge is 2.21. The zero-order valence-corrected chi connectivity index (χ0v) is 10.3. The maximum atomic E-state index is 11.8. The first kappa shape index (κ1) is 13.2. The molecule has 0 saturated carbocycles. The lowest BCUT2D eigenvalue weighted by Crippen LogP contribution is -2.45. The fourth-order valence-corrected chi connectivity index (χ4v) is 2.02. The van der Waals surface area contributed by atoms with E-state index in [1.165, 1.54) is 11.3 Å². The van der Waals surface area contributed by atoms with E-state index in [0.717, 1.165) is 4.88 Å². The van der Waals surface area contributed by atoms with Gasteiger partial charge in [0.15, 0.2) is 0 Å². The predicted molar refractivity (Wildman–Crippen MR) is 65.1 cm³/mol. The maximum Gasteiger partial charge on any atom is 0.242 e. The van der Waals surface area contributed by atoms with Crippen LogP contribution < -0.4 is 11.1 Å². The second kappa shape index (κ2) is 5.98. The molecule has 1 amide bonds. The molecule has 1 rings (SSSR count). The molecule has 16 heavy (non-hydrogen) atoms. The van der Waals surface area contributed by atoms with Gasteiger partial charge in [-0.05, 0) is 17.4 Å². The van der Waals surface area contributed by atoms with E-state index in [1.807, 2.05) is 31.4 Å². The first-order valence-corrected chi connectivity index (χ1v) is 6.14. The van der Waals surface area contributed by atoms with Gasteiger partial charge in [-0.1, -0.05) is 19.9 Å². The highest BCUT2D eigenvalue weighted by atomic mass is 32.1. The largest absolute Gasteiger partial charge is 0.394 e. The summed E-state index contributed by atoms with van der Waals surface area (Å²) in [5.41, 5.74) is 5.80. The number of nitrogens with one attached hydrogen (secondary N) is 1. The SMILES string of the molecule is CC(C)C(CO)NC(=O)C(N)c1cccs1. The van der Waals surface area contributed by atoms with Crippen molar-refractivity contribution in [2.45, 2.75) is 25.9 Å². The zero-order chi connectivity index (χ0) is 12.1. The summed E-state index contributed by atoms with van der Waals surface area (Å²) in [4.78, 5) is 12.6. The molecular weight excluding hydrogens is 224 g/mol. The second-order valence-corrected chi connectivity index (χ2v) is 5.01. The van der Waals surface area contributed by atoms with Crippen LogP contribution in [0, 0.1) is 5.92 Å². The number of carbonyl (C=O) groups excluding carboxylic acids is 1. The molecule has 1 aromatic heterocycles. The standard InChI is InChI=1S/C11H18N2O2S/c1-7(2)8(6-14)13-11(15)10(12)9-4-3-5-16-9/h3-5,7-8,10,14H,6,12H2,1-2H3,(H,13,15). The Balaban J connectivity index is 2.58. The molecule has 90 valence electrons. The molecule has 2 unspecified atom stereocenters. The Morgan fingerprint density at radius 2 is 2.31 bits per heavy atom. The van der Waals surface area contributed by atoms with Crippen molar-refractivity contribution in [2.75, 3.05) is 6.61 Å². The van der Waals surface area contributed by atoms with Crippen molar-refractivity contribution < 1.29 is 9.90 Å². The number of amides is 1. The van der Waals surface area contributed by atoms with Crippen LogP contribution in [0.3, 0.4) is 0 Å². The monoisotopic (exact) mass is 242 g/mol. The van der Waals surface area contributed by atoms with Crippen molar-refractivity contribution in [3.05, 3.63) is 22.4 Å². The number of aliphatic hydroxyl groups excluding tert-OH is 1. The number of aliphatic hydroxyl groups is 1. The molecule has 0 bridgehead atoms. The van der Waals surface area contributed by atoms with Crippen LogP contribution in [0.25, 0.3) is 0 Å². The van der Waals surface area contributed by atoms with Crippen molar-refractivity contribution in [2.24, 2.45) is 11.7 Å². The number of carbonyl (C=O) groups is 1. The van der Waals surface area contributed by atoms with Gasteiger partial charge in [0, 0.05) is 4.88 Å². The van der Waals surface area contributed by atoms with Crippen LogP contribution in [0.4, 0.5) is 0 Å². The van der Waals surface area contributed by atoms with Crippen LogP contribution in [0.15, 0.2) is 17.5 Å². The van der Waals surface area contributed by atoms with Gasteiger partial charge in [0.1, 0.15) is 6.04 Å². The molecule has 0 saturated heterocycles. The molecule has 5 heteroatoms. The molecule has 1 heterocycles. The lowest BCUT2D eigenvalue weighted by Gasteiger charge is -2.21. The van der Waals surface area contributed by atoms with Gasteiger partial charge in [0.2, 0.25) is 5.91 Å². The highest BCUT2D eigenvalue weighted by Crippen LogP contribution is 2.17. The van der Waals surface area contributed by atoms with E-state index in [9.17, 15) is 4.79 Å². The summed E-state index contributed by atoms with van der Waals surface area (Å²) in [5.74, 6) is -0.0558. The topological polar surface area (TPSA) is 75.3 Å². The lowest BCUT2D eigenvalue weighted by atomic mass is 10.0. The minimum atomic E-state index is -0.646. The lowest BCUT2D eigenvalue weighted by molar-refractivity contribution is -0.123. The molecule has 4 N–H and O–H groups in total. The van der Waals surface area contributed by atoms with Gasteiger partial charge in [0.05, 0.1) is 12.6 Å². The molecule has 0 aromatic carbocycles. The van der Waals surface area contributed by atoms with E-state index in [1.54, 1.807) is 0 Å². The zero-order valence-electron chi connectivity index (χ0n) is 9.51. The third-order valence-electron chi connectivity index (χ3n) is 2.46. The van der Waals surface area contributed by atoms with E-state index >= 15 is 0 Å². The summed E-state index contributed by atoms with van der Waals surface area (Å²) in [6, 6.07) is 2.81. The quantitative estimate of drug-likeness (QED) is 0.717. The van der Waals surface area contributed by atoms with Crippen LogP contribution in [-0.4, -0.2) is 23.7 Å². The molecule has 0 fully saturated rings. The van der Waals surface area contributed by atoms with Gasteiger partial charge >= 0.3 is 0 Å². The van der Waals surface area contributed by atoms with Crippen molar-refractivity contribution in [1.29, 1.82) is 0 Å². The highest BCUT2D eigenvalue weighted by molar-refractivity contribution is 7.10. The average molecular weight is 242 g/mol. The van der Waals surface area contributed by atoms with Crippen molar-refractivity contribution in [3.8, 4) is 0 Å². The number of nitrogens with two attached hydrogens (primary N) is 1. The van der Waals surface area contributed by atoms with Gasteiger partial charge in [0.25, 0.3) is 0 Å². The van der Waals surface area contributed by atoms with E-state index in [0.29, 0.717) is 0 Å². The summed E-state index contributed by atoms with van der Waals surface area (Å²) in [7, 11) is 0. The fraction of sp³-hybridized carbons (Fsp3) is 0.545. The maximum absolute atomic E-state index is 11.8. The van der Waals surface area contributed by atoms with Crippen molar-refractivity contribution in [3.63, 3.8) is 0 Å². The van der Waals surface area contributed by atoms with Crippen LogP contribution >= 0.6 is 11.3 Å². The van der Waals surface area contributed by atoms with Crippen LogP contribution in [0.2, 0.25) is 0 Å². The number of rotatable bonds is 5. The van der Waals surface area contributed by atoms with Crippen molar-refractivity contribution in [1.82, 2.24) is 5.32 Å². The Morgan fingerprint density at radius 3 is 2.75 bits per heavy atom. The Kier molecular flexibility index (Phi) is 4.92. The summed E-state index contributed by atoms with van der Waals surface area (Å²) in [6.07, 6.45) is 0. The normalized spacial score (nSPS) is 14.8. The third-order valence-corrected chi connectivity index (χ3v) is 3.42. The number of hydrogen-bond acceptors (Lipinski definition) is 4. The molecule has 0 aliphatic heterocycles. The Labute approximate surface area is 99.5 Å². The van der Waals surface area contributed by atoms with Gasteiger partial charge in [-0.25, -0.2) is 0 Å². The summed E-state index contributed by atoms with van der Waals surface area (Å²) in [6.45, 7) is 3.82. The Hall–Kier alpha value is -0.910. The van der Waals surface area contributed by atoms with Crippen LogP contribution in [0.5, 0.6) is 0 Å². The second-order valence-electron chi connectivity index (χ2n) is 4.03. The molecule has 0 radical (unpaired) electrons. The first-order chi connectivity index (χ1) is 7.56. The molecule has 4 nitrogen and oxygen atoms in total. The number of thiophene rings is 1. The summed E-state index contributed by atoms with van der Waals surface area (Å²) >= 11 is 1.45. The molecule has 0 aliphatic carbocycles. The minimum Gasteiger partial charge on any atom is -0.394 e. The third kappa shape index (κ3) is 3.30. The molecular formula is C11H18N2O2S. The van der Waals surface area contributed by atoms with Gasteiger partial charge < -0.3 is 16.2 Å². The molecule has 1 aromatic rings. The van der Waals surface area contributed by atoms with Gasteiger partial charge in [-0.15, -0.1) is 11.3 Å². The predicted octanol–water partition coefficient (Wildman–Crippen LogP) is 0.881. The van der Waals surface area contributed by atoms with E-state index in [2.05, 4.69) is 5.32 Å². The van der Waals surface area contributed by atoms with Crippen molar-refractivity contribution >= 4 is 17.2 Å².